The first-order valence-electron chi connectivity index (χ1n) is 7.68. The zero-order valence-corrected chi connectivity index (χ0v) is 14.6. The van der Waals surface area contributed by atoms with Crippen molar-refractivity contribution in [2.24, 2.45) is 0 Å². The number of hydrogen-bond acceptors (Lipinski definition) is 4. The summed E-state index contributed by atoms with van der Waals surface area (Å²) in [6.07, 6.45) is 0.300. The van der Waals surface area contributed by atoms with Crippen LogP contribution < -0.4 is 5.32 Å². The minimum atomic E-state index is -3.34. The maximum atomic E-state index is 12.1. The van der Waals surface area contributed by atoms with Gasteiger partial charge >= 0.3 is 0 Å². The van der Waals surface area contributed by atoms with E-state index in [1.807, 2.05) is 6.92 Å². The van der Waals surface area contributed by atoms with Gasteiger partial charge in [-0.25, -0.2) is 8.42 Å². The van der Waals surface area contributed by atoms with E-state index in [1.54, 1.807) is 49.4 Å². The van der Waals surface area contributed by atoms with E-state index >= 15 is 0 Å². The predicted molar refractivity (Wildman–Crippen MR) is 93.0 cm³/mol. The molecule has 0 aliphatic carbocycles. The Morgan fingerprint density at radius 2 is 1.75 bits per heavy atom. The van der Waals surface area contributed by atoms with Crippen molar-refractivity contribution in [2.75, 3.05) is 12.3 Å². The quantitative estimate of drug-likeness (QED) is 0.787. The lowest BCUT2D eigenvalue weighted by Gasteiger charge is -2.10. The van der Waals surface area contributed by atoms with Crippen LogP contribution in [0, 0.1) is 13.8 Å². The Balaban J connectivity index is 1.91. The largest absolute Gasteiger partial charge is 0.507 e. The summed E-state index contributed by atoms with van der Waals surface area (Å²) in [6, 6.07) is 11.6. The Labute approximate surface area is 142 Å². The predicted octanol–water partition coefficient (Wildman–Crippen LogP) is 2.60. The molecule has 2 N–H and O–H groups in total. The minimum Gasteiger partial charge on any atom is -0.507 e. The van der Waals surface area contributed by atoms with Crippen LogP contribution in [0.3, 0.4) is 0 Å². The highest BCUT2D eigenvalue weighted by atomic mass is 32.2. The number of benzene rings is 2. The van der Waals surface area contributed by atoms with Gasteiger partial charge in [-0.3, -0.25) is 4.79 Å². The molecule has 0 fully saturated rings. The maximum Gasteiger partial charge on any atom is 0.255 e. The minimum absolute atomic E-state index is 0.0376. The monoisotopic (exact) mass is 347 g/mol. The Morgan fingerprint density at radius 3 is 2.42 bits per heavy atom. The molecule has 0 aliphatic heterocycles. The molecule has 24 heavy (non-hydrogen) atoms. The van der Waals surface area contributed by atoms with Crippen molar-refractivity contribution in [2.45, 2.75) is 25.2 Å². The van der Waals surface area contributed by atoms with Gasteiger partial charge in [-0.15, -0.1) is 0 Å². The molecule has 0 aromatic heterocycles. The van der Waals surface area contributed by atoms with Crippen molar-refractivity contribution in [1.29, 1.82) is 0 Å². The van der Waals surface area contributed by atoms with Crippen LogP contribution in [0.25, 0.3) is 0 Å². The van der Waals surface area contributed by atoms with Crippen molar-refractivity contribution in [3.8, 4) is 5.75 Å². The van der Waals surface area contributed by atoms with Gasteiger partial charge in [0.1, 0.15) is 5.75 Å². The summed E-state index contributed by atoms with van der Waals surface area (Å²) in [7, 11) is -3.34. The lowest BCUT2D eigenvalue weighted by molar-refractivity contribution is 0.0951. The second-order valence-corrected chi connectivity index (χ2v) is 7.75. The molecule has 0 saturated carbocycles. The highest BCUT2D eigenvalue weighted by molar-refractivity contribution is 7.91. The molecule has 0 spiro atoms. The Morgan fingerprint density at radius 1 is 1.08 bits per heavy atom. The number of carbonyl (C=O) groups is 1. The molecule has 0 radical (unpaired) electrons. The first kappa shape index (κ1) is 18.0. The molecule has 0 heterocycles. The average molecular weight is 347 g/mol. The van der Waals surface area contributed by atoms with Gasteiger partial charge < -0.3 is 10.4 Å². The highest BCUT2D eigenvalue weighted by Crippen LogP contribution is 2.24. The SMILES string of the molecule is Cc1ccc(C(=O)NCCCS(=O)(=O)c2ccccc2)c(O)c1C. The molecule has 5 nitrogen and oxygen atoms in total. The summed E-state index contributed by atoms with van der Waals surface area (Å²) in [5, 5.41) is 12.7. The van der Waals surface area contributed by atoms with Crippen LogP contribution in [-0.2, 0) is 9.84 Å². The number of aromatic hydroxyl groups is 1. The van der Waals surface area contributed by atoms with E-state index in [1.165, 1.54) is 0 Å². The van der Waals surface area contributed by atoms with Crippen molar-refractivity contribution in [3.05, 3.63) is 59.2 Å². The number of amides is 1. The molecule has 2 aromatic carbocycles. The van der Waals surface area contributed by atoms with Crippen LogP contribution in [0.5, 0.6) is 5.75 Å². The van der Waals surface area contributed by atoms with E-state index in [2.05, 4.69) is 5.32 Å². The molecule has 0 aliphatic rings. The number of rotatable bonds is 6. The molecule has 0 atom stereocenters. The maximum absolute atomic E-state index is 12.1. The fourth-order valence-electron chi connectivity index (χ4n) is 2.29. The van der Waals surface area contributed by atoms with Crippen LogP contribution >= 0.6 is 0 Å². The first-order chi connectivity index (χ1) is 11.3. The second-order valence-electron chi connectivity index (χ2n) is 5.65. The topological polar surface area (TPSA) is 83.5 Å². The summed E-state index contributed by atoms with van der Waals surface area (Å²) in [4.78, 5) is 12.4. The Bertz CT molecular complexity index is 830. The number of sulfone groups is 1. The van der Waals surface area contributed by atoms with Crippen molar-refractivity contribution in [3.63, 3.8) is 0 Å². The summed E-state index contributed by atoms with van der Waals surface area (Å²) in [6.45, 7) is 3.82. The summed E-state index contributed by atoms with van der Waals surface area (Å²) >= 11 is 0. The molecule has 6 heteroatoms. The number of carbonyl (C=O) groups excluding carboxylic acids is 1. The average Bonchev–Trinajstić information content (AvgIpc) is 2.57. The fourth-order valence-corrected chi connectivity index (χ4v) is 3.62. The van der Waals surface area contributed by atoms with E-state index in [4.69, 9.17) is 0 Å². The zero-order chi connectivity index (χ0) is 17.7. The van der Waals surface area contributed by atoms with E-state index in [9.17, 15) is 18.3 Å². The summed E-state index contributed by atoms with van der Waals surface area (Å²) < 4.78 is 24.3. The standard InChI is InChI=1S/C18H21NO4S/c1-13-9-10-16(17(20)14(13)2)18(21)19-11-6-12-24(22,23)15-7-4-3-5-8-15/h3-5,7-10,20H,6,11-12H2,1-2H3,(H,19,21). The van der Waals surface area contributed by atoms with E-state index in [-0.39, 0.29) is 28.5 Å². The van der Waals surface area contributed by atoms with Gasteiger partial charge in [-0.1, -0.05) is 24.3 Å². The van der Waals surface area contributed by atoms with E-state index in [0.717, 1.165) is 5.56 Å². The number of hydrogen-bond donors (Lipinski definition) is 2. The number of nitrogens with one attached hydrogen (secondary N) is 1. The van der Waals surface area contributed by atoms with Gasteiger partial charge in [0.15, 0.2) is 9.84 Å². The Hall–Kier alpha value is -2.34. The highest BCUT2D eigenvalue weighted by Gasteiger charge is 2.16. The van der Waals surface area contributed by atoms with Crippen LogP contribution in [-0.4, -0.2) is 31.7 Å². The molecule has 2 aromatic rings. The van der Waals surface area contributed by atoms with Crippen molar-refractivity contribution in [1.82, 2.24) is 5.32 Å². The summed E-state index contributed by atoms with van der Waals surface area (Å²) in [5.41, 5.74) is 1.76. The second kappa shape index (κ2) is 7.49. The first-order valence-corrected chi connectivity index (χ1v) is 9.33. The lowest BCUT2D eigenvalue weighted by atomic mass is 10.0. The van der Waals surface area contributed by atoms with Crippen molar-refractivity contribution >= 4 is 15.7 Å². The van der Waals surface area contributed by atoms with Gasteiger partial charge in [0.2, 0.25) is 0 Å². The molecule has 0 bridgehead atoms. The van der Waals surface area contributed by atoms with Gasteiger partial charge in [-0.2, -0.15) is 0 Å². The fraction of sp³-hybridized carbons (Fsp3) is 0.278. The normalized spacial score (nSPS) is 11.2. The van der Waals surface area contributed by atoms with Crippen LogP contribution in [0.4, 0.5) is 0 Å². The number of phenolic OH excluding ortho intramolecular Hbond substituents is 1. The molecule has 0 saturated heterocycles. The van der Waals surface area contributed by atoms with Gasteiger partial charge in [0.25, 0.3) is 5.91 Å². The molecular weight excluding hydrogens is 326 g/mol. The molecule has 0 unspecified atom stereocenters. The zero-order valence-electron chi connectivity index (χ0n) is 13.7. The van der Waals surface area contributed by atoms with Crippen LogP contribution in [0.1, 0.15) is 27.9 Å². The third-order valence-corrected chi connectivity index (χ3v) is 5.74. The number of aryl methyl sites for hydroxylation is 1. The molecule has 2 rings (SSSR count). The third-order valence-electron chi connectivity index (χ3n) is 3.92. The Kier molecular flexibility index (Phi) is 5.62. The molecule has 1 amide bonds. The third kappa shape index (κ3) is 4.14. The molecular formula is C18H21NO4S. The van der Waals surface area contributed by atoms with E-state index in [0.29, 0.717) is 12.0 Å². The number of phenols is 1. The van der Waals surface area contributed by atoms with Crippen molar-refractivity contribution < 1.29 is 18.3 Å². The van der Waals surface area contributed by atoms with E-state index < -0.39 is 15.7 Å². The van der Waals surface area contributed by atoms with Gasteiger partial charge in [-0.05, 0) is 49.6 Å². The van der Waals surface area contributed by atoms with Gasteiger partial charge in [0, 0.05) is 6.54 Å². The lowest BCUT2D eigenvalue weighted by Crippen LogP contribution is -2.26. The molecule has 128 valence electrons. The van der Waals surface area contributed by atoms with Crippen LogP contribution in [0.15, 0.2) is 47.4 Å². The summed E-state index contributed by atoms with van der Waals surface area (Å²) in [5.74, 6) is -0.493. The van der Waals surface area contributed by atoms with Crippen LogP contribution in [0.2, 0.25) is 0 Å². The van der Waals surface area contributed by atoms with Gasteiger partial charge in [0.05, 0.1) is 16.2 Å². The smallest absolute Gasteiger partial charge is 0.255 e.